The van der Waals surface area contributed by atoms with Gasteiger partial charge in [0.2, 0.25) is 5.91 Å². The topological polar surface area (TPSA) is 48.5 Å². The zero-order valence-corrected chi connectivity index (χ0v) is 19.3. The minimum Gasteiger partial charge on any atom is -0.354 e. The monoisotopic (exact) mass is 438 g/mol. The SMILES string of the molecule is Cc1cc(C)c(C)c(NC(=O)CCN2CCN(c3ccccn3)CC2)c1C.Cl.Cl. The van der Waals surface area contributed by atoms with Gasteiger partial charge in [0.05, 0.1) is 0 Å². The second-order valence-electron chi connectivity index (χ2n) is 7.45. The number of amides is 1. The molecule has 1 N–H and O–H groups in total. The normalized spacial score (nSPS) is 14.0. The van der Waals surface area contributed by atoms with Crippen LogP contribution in [0.4, 0.5) is 11.5 Å². The third kappa shape index (κ3) is 6.33. The highest BCUT2D eigenvalue weighted by molar-refractivity contribution is 5.93. The first-order valence-electron chi connectivity index (χ1n) is 9.71. The van der Waals surface area contributed by atoms with Gasteiger partial charge in [-0.2, -0.15) is 0 Å². The molecule has 2 aromatic rings. The summed E-state index contributed by atoms with van der Waals surface area (Å²) in [5.41, 5.74) is 5.75. The van der Waals surface area contributed by atoms with Crippen LogP contribution in [0.3, 0.4) is 0 Å². The largest absolute Gasteiger partial charge is 0.354 e. The zero-order chi connectivity index (χ0) is 19.4. The minimum absolute atomic E-state index is 0. The number of nitrogens with zero attached hydrogens (tertiary/aromatic N) is 3. The Morgan fingerprint density at radius 2 is 1.62 bits per heavy atom. The molecule has 7 heteroatoms. The van der Waals surface area contributed by atoms with Crippen LogP contribution in [-0.4, -0.2) is 48.5 Å². The number of carbonyl (C=O) groups is 1. The van der Waals surface area contributed by atoms with Gasteiger partial charge in [-0.3, -0.25) is 9.69 Å². The first-order valence-corrected chi connectivity index (χ1v) is 9.71. The number of benzene rings is 1. The van der Waals surface area contributed by atoms with E-state index in [1.165, 1.54) is 11.1 Å². The summed E-state index contributed by atoms with van der Waals surface area (Å²) in [6.07, 6.45) is 2.36. The summed E-state index contributed by atoms with van der Waals surface area (Å²) in [5.74, 6) is 1.13. The van der Waals surface area contributed by atoms with Crippen LogP contribution in [0, 0.1) is 27.7 Å². The van der Waals surface area contributed by atoms with Crippen LogP contribution in [0.15, 0.2) is 30.5 Å². The number of rotatable bonds is 5. The summed E-state index contributed by atoms with van der Waals surface area (Å²) in [6, 6.07) is 8.20. The van der Waals surface area contributed by atoms with Crippen LogP contribution in [0.25, 0.3) is 0 Å². The number of aryl methyl sites for hydroxylation is 2. The molecule has 0 aliphatic carbocycles. The van der Waals surface area contributed by atoms with Crippen molar-refractivity contribution in [3.63, 3.8) is 0 Å². The van der Waals surface area contributed by atoms with Crippen molar-refractivity contribution in [2.45, 2.75) is 34.1 Å². The molecule has 1 saturated heterocycles. The van der Waals surface area contributed by atoms with Crippen LogP contribution in [0.2, 0.25) is 0 Å². The number of hydrogen-bond acceptors (Lipinski definition) is 4. The first-order chi connectivity index (χ1) is 13.0. The van der Waals surface area contributed by atoms with E-state index in [4.69, 9.17) is 0 Å². The lowest BCUT2D eigenvalue weighted by Gasteiger charge is -2.35. The lowest BCUT2D eigenvalue weighted by atomic mass is 9.98. The summed E-state index contributed by atoms with van der Waals surface area (Å²) >= 11 is 0. The maximum Gasteiger partial charge on any atom is 0.225 e. The molecule has 1 aliphatic rings. The Morgan fingerprint density at radius 3 is 2.17 bits per heavy atom. The Hall–Kier alpha value is -1.82. The maximum atomic E-state index is 12.5. The molecule has 29 heavy (non-hydrogen) atoms. The van der Waals surface area contributed by atoms with E-state index in [1.54, 1.807) is 0 Å². The molecule has 0 radical (unpaired) electrons. The Balaban J connectivity index is 0.00000210. The molecule has 0 unspecified atom stereocenters. The Morgan fingerprint density at radius 1 is 1.00 bits per heavy atom. The Kier molecular flexibility index (Phi) is 9.90. The third-order valence-electron chi connectivity index (χ3n) is 5.63. The average molecular weight is 439 g/mol. The second-order valence-corrected chi connectivity index (χ2v) is 7.45. The molecular weight excluding hydrogens is 407 g/mol. The van der Waals surface area contributed by atoms with Gasteiger partial charge in [0.1, 0.15) is 5.82 Å². The van der Waals surface area contributed by atoms with E-state index in [-0.39, 0.29) is 30.7 Å². The fourth-order valence-electron chi connectivity index (χ4n) is 3.61. The molecule has 1 amide bonds. The van der Waals surface area contributed by atoms with Crippen LogP contribution in [0.5, 0.6) is 0 Å². The van der Waals surface area contributed by atoms with Crippen LogP contribution >= 0.6 is 24.8 Å². The van der Waals surface area contributed by atoms with Crippen molar-refractivity contribution in [2.75, 3.05) is 42.9 Å². The van der Waals surface area contributed by atoms with E-state index in [2.05, 4.69) is 59.9 Å². The molecule has 3 rings (SSSR count). The van der Waals surface area contributed by atoms with Crippen molar-refractivity contribution in [1.29, 1.82) is 0 Å². The molecule has 0 saturated carbocycles. The highest BCUT2D eigenvalue weighted by Crippen LogP contribution is 2.26. The highest BCUT2D eigenvalue weighted by Gasteiger charge is 2.19. The molecular formula is C22H32Cl2N4O. The van der Waals surface area contributed by atoms with E-state index in [9.17, 15) is 4.79 Å². The standard InChI is InChI=1S/C22H30N4O.2ClH/c1-16-15-17(2)19(4)22(18(16)3)24-21(27)8-10-25-11-13-26(14-12-25)20-7-5-6-9-23-20;;/h5-7,9,15H,8,10-14H2,1-4H3,(H,24,27);2*1H. The lowest BCUT2D eigenvalue weighted by molar-refractivity contribution is -0.116. The van der Waals surface area contributed by atoms with Gasteiger partial charge >= 0.3 is 0 Å². The number of nitrogens with one attached hydrogen (secondary N) is 1. The number of pyridine rings is 1. The van der Waals surface area contributed by atoms with E-state index < -0.39 is 0 Å². The van der Waals surface area contributed by atoms with E-state index in [0.29, 0.717) is 6.42 Å². The van der Waals surface area contributed by atoms with Gasteiger partial charge in [-0.15, -0.1) is 24.8 Å². The molecule has 1 aromatic heterocycles. The van der Waals surface area contributed by atoms with Gasteiger partial charge in [-0.25, -0.2) is 4.98 Å². The minimum atomic E-state index is 0. The highest BCUT2D eigenvalue weighted by atomic mass is 35.5. The molecule has 0 atom stereocenters. The van der Waals surface area contributed by atoms with Crippen molar-refractivity contribution >= 4 is 42.2 Å². The first kappa shape index (κ1) is 25.2. The quantitative estimate of drug-likeness (QED) is 0.755. The summed E-state index contributed by atoms with van der Waals surface area (Å²) in [4.78, 5) is 21.6. The van der Waals surface area contributed by atoms with Crippen LogP contribution in [-0.2, 0) is 4.79 Å². The predicted octanol–water partition coefficient (Wildman–Crippen LogP) is 4.31. The second kappa shape index (κ2) is 11.4. The van der Waals surface area contributed by atoms with Crippen LogP contribution < -0.4 is 10.2 Å². The summed E-state index contributed by atoms with van der Waals surface area (Å²) < 4.78 is 0. The molecule has 5 nitrogen and oxygen atoms in total. The van der Waals surface area contributed by atoms with Crippen molar-refractivity contribution in [1.82, 2.24) is 9.88 Å². The summed E-state index contributed by atoms with van der Waals surface area (Å²) in [6.45, 7) is 13.0. The van der Waals surface area contributed by atoms with Crippen molar-refractivity contribution in [3.8, 4) is 0 Å². The van der Waals surface area contributed by atoms with Crippen molar-refractivity contribution < 1.29 is 4.79 Å². The fraction of sp³-hybridized carbons (Fsp3) is 0.455. The smallest absolute Gasteiger partial charge is 0.225 e. The molecule has 160 valence electrons. The molecule has 1 fully saturated rings. The number of piperazine rings is 1. The van der Waals surface area contributed by atoms with E-state index in [0.717, 1.165) is 55.4 Å². The zero-order valence-electron chi connectivity index (χ0n) is 17.7. The molecule has 0 spiro atoms. The summed E-state index contributed by atoms with van der Waals surface area (Å²) in [7, 11) is 0. The third-order valence-corrected chi connectivity index (χ3v) is 5.63. The van der Waals surface area contributed by atoms with E-state index in [1.807, 2.05) is 18.3 Å². The van der Waals surface area contributed by atoms with Gasteiger partial charge in [-0.1, -0.05) is 12.1 Å². The number of carbonyl (C=O) groups excluding carboxylic acids is 1. The number of anilines is 2. The Labute approximate surface area is 186 Å². The average Bonchev–Trinajstić information content (AvgIpc) is 2.69. The fourth-order valence-corrected chi connectivity index (χ4v) is 3.61. The van der Waals surface area contributed by atoms with E-state index >= 15 is 0 Å². The molecule has 1 aromatic carbocycles. The predicted molar refractivity (Wildman–Crippen MR) is 126 cm³/mol. The van der Waals surface area contributed by atoms with Gasteiger partial charge in [0.25, 0.3) is 0 Å². The Bertz CT molecular complexity index is 780. The summed E-state index contributed by atoms with van der Waals surface area (Å²) in [5, 5.41) is 3.15. The lowest BCUT2D eigenvalue weighted by Crippen LogP contribution is -2.47. The number of halogens is 2. The van der Waals surface area contributed by atoms with Crippen molar-refractivity contribution in [2.24, 2.45) is 0 Å². The van der Waals surface area contributed by atoms with Gasteiger partial charge in [0, 0.05) is 51.0 Å². The van der Waals surface area contributed by atoms with Crippen LogP contribution in [0.1, 0.15) is 28.7 Å². The van der Waals surface area contributed by atoms with Gasteiger partial charge < -0.3 is 10.2 Å². The molecule has 1 aliphatic heterocycles. The van der Waals surface area contributed by atoms with Gasteiger partial charge in [-0.05, 0) is 62.1 Å². The molecule has 2 heterocycles. The maximum absolute atomic E-state index is 12.5. The number of aromatic nitrogens is 1. The number of hydrogen-bond donors (Lipinski definition) is 1. The molecule has 0 bridgehead atoms. The van der Waals surface area contributed by atoms with Crippen molar-refractivity contribution in [3.05, 3.63) is 52.7 Å². The van der Waals surface area contributed by atoms with Gasteiger partial charge in [0.15, 0.2) is 0 Å².